The van der Waals surface area contributed by atoms with Crippen molar-refractivity contribution in [3.05, 3.63) is 0 Å². The van der Waals surface area contributed by atoms with Gasteiger partial charge in [-0.05, 0) is 26.3 Å². The van der Waals surface area contributed by atoms with Crippen LogP contribution in [0.15, 0.2) is 0 Å². The Balaban J connectivity index is 3.08. The Morgan fingerprint density at radius 3 is 1.54 bits per heavy atom. The third-order valence-corrected chi connectivity index (χ3v) is 4.78. The first-order valence-corrected chi connectivity index (χ1v) is 10.2. The fourth-order valence-electron chi connectivity index (χ4n) is 2.75. The predicted molar refractivity (Wildman–Crippen MR) is 104 cm³/mol. The molecule has 0 aromatic carbocycles. The maximum atomic E-state index is 10.9. The Kier molecular flexibility index (Phi) is 16.9. The van der Waals surface area contributed by atoms with Crippen LogP contribution in [0.4, 0.5) is 0 Å². The molecule has 1 unspecified atom stereocenters. The molecule has 0 aliphatic heterocycles. The summed E-state index contributed by atoms with van der Waals surface area (Å²) in [5.41, 5.74) is 0. The van der Waals surface area contributed by atoms with Gasteiger partial charge in [0.25, 0.3) is 0 Å². The van der Waals surface area contributed by atoms with Gasteiger partial charge < -0.3 is 10.4 Å². The Bertz CT molecular complexity index is 324. The molecule has 0 radical (unpaired) electrons. The SMILES string of the molecule is CC(NCCCCCCCCCCCCCCCC(=O)O)C(=O)S. The molecule has 5 heteroatoms. The van der Waals surface area contributed by atoms with Gasteiger partial charge in [-0.3, -0.25) is 9.59 Å². The number of carbonyl (C=O) groups excluding carboxylic acids is 1. The molecule has 0 heterocycles. The predicted octanol–water partition coefficient (Wildman–Crippen LogP) is 4.97. The number of unbranched alkanes of at least 4 members (excludes halogenated alkanes) is 12. The van der Waals surface area contributed by atoms with Gasteiger partial charge in [-0.15, -0.1) is 12.6 Å². The number of nitrogens with one attached hydrogen (secondary N) is 1. The molecule has 0 saturated carbocycles. The van der Waals surface area contributed by atoms with E-state index in [0.717, 1.165) is 25.8 Å². The van der Waals surface area contributed by atoms with Crippen molar-refractivity contribution in [2.45, 2.75) is 103 Å². The van der Waals surface area contributed by atoms with Gasteiger partial charge in [0.05, 0.1) is 6.04 Å². The molecule has 0 aromatic heterocycles. The Morgan fingerprint density at radius 1 is 0.792 bits per heavy atom. The normalized spacial score (nSPS) is 12.2. The van der Waals surface area contributed by atoms with E-state index in [9.17, 15) is 9.59 Å². The van der Waals surface area contributed by atoms with Crippen molar-refractivity contribution in [2.24, 2.45) is 0 Å². The summed E-state index contributed by atoms with van der Waals surface area (Å²) >= 11 is 3.80. The molecule has 2 N–H and O–H groups in total. The minimum absolute atomic E-state index is 0.0877. The van der Waals surface area contributed by atoms with Crippen LogP contribution in [0.2, 0.25) is 0 Å². The molecule has 0 bridgehead atoms. The van der Waals surface area contributed by atoms with E-state index in [1.807, 2.05) is 6.92 Å². The molecule has 0 spiro atoms. The average Bonchev–Trinajstić information content (AvgIpc) is 2.53. The van der Waals surface area contributed by atoms with Crippen molar-refractivity contribution in [1.82, 2.24) is 5.32 Å². The van der Waals surface area contributed by atoms with Crippen molar-refractivity contribution in [3.63, 3.8) is 0 Å². The van der Waals surface area contributed by atoms with Crippen LogP contribution in [0.25, 0.3) is 0 Å². The number of hydrogen-bond donors (Lipinski definition) is 3. The third-order valence-electron chi connectivity index (χ3n) is 4.39. The van der Waals surface area contributed by atoms with Gasteiger partial charge in [0.15, 0.2) is 0 Å². The lowest BCUT2D eigenvalue weighted by atomic mass is 10.0. The molecular weight excluding hydrogens is 322 g/mol. The van der Waals surface area contributed by atoms with Crippen molar-refractivity contribution in [2.75, 3.05) is 6.54 Å². The number of carboxylic acids is 1. The Labute approximate surface area is 153 Å². The lowest BCUT2D eigenvalue weighted by Gasteiger charge is -2.09. The van der Waals surface area contributed by atoms with Gasteiger partial charge in [0.2, 0.25) is 5.12 Å². The van der Waals surface area contributed by atoms with Crippen molar-refractivity contribution >= 4 is 23.7 Å². The number of hydrogen-bond acceptors (Lipinski definition) is 3. The lowest BCUT2D eigenvalue weighted by molar-refractivity contribution is -0.137. The second kappa shape index (κ2) is 17.3. The summed E-state index contributed by atoms with van der Waals surface area (Å²) in [6.45, 7) is 2.76. The average molecular weight is 360 g/mol. The molecule has 142 valence electrons. The van der Waals surface area contributed by atoms with Gasteiger partial charge in [-0.1, -0.05) is 70.6 Å². The monoisotopic (exact) mass is 359 g/mol. The molecule has 1 atom stereocenters. The zero-order valence-corrected chi connectivity index (χ0v) is 16.3. The quantitative estimate of drug-likeness (QED) is 0.239. The van der Waals surface area contributed by atoms with Crippen LogP contribution in [-0.2, 0) is 9.59 Å². The molecule has 0 amide bonds. The van der Waals surface area contributed by atoms with Crippen LogP contribution in [0, 0.1) is 0 Å². The molecule has 0 rings (SSSR count). The Morgan fingerprint density at radius 2 is 1.17 bits per heavy atom. The first-order valence-electron chi connectivity index (χ1n) is 9.72. The third kappa shape index (κ3) is 17.8. The molecule has 24 heavy (non-hydrogen) atoms. The van der Waals surface area contributed by atoms with E-state index in [0.29, 0.717) is 6.42 Å². The van der Waals surface area contributed by atoms with Crippen LogP contribution in [-0.4, -0.2) is 28.8 Å². The van der Waals surface area contributed by atoms with Crippen LogP contribution in [0.1, 0.15) is 96.8 Å². The highest BCUT2D eigenvalue weighted by atomic mass is 32.1. The van der Waals surface area contributed by atoms with Crippen LogP contribution < -0.4 is 5.32 Å². The Hall–Kier alpha value is -0.550. The summed E-state index contributed by atoms with van der Waals surface area (Å²) in [6, 6.07) is -0.134. The summed E-state index contributed by atoms with van der Waals surface area (Å²) in [7, 11) is 0. The minimum atomic E-state index is -0.673. The van der Waals surface area contributed by atoms with Gasteiger partial charge in [0, 0.05) is 6.42 Å². The van der Waals surface area contributed by atoms with E-state index in [1.165, 1.54) is 64.2 Å². The van der Waals surface area contributed by atoms with Crippen LogP contribution in [0.3, 0.4) is 0 Å². The van der Waals surface area contributed by atoms with Gasteiger partial charge in [0.1, 0.15) is 0 Å². The molecule has 0 aromatic rings. The highest BCUT2D eigenvalue weighted by Gasteiger charge is 2.05. The van der Waals surface area contributed by atoms with E-state index < -0.39 is 5.97 Å². The second-order valence-corrected chi connectivity index (χ2v) is 7.19. The number of rotatable bonds is 18. The summed E-state index contributed by atoms with van der Waals surface area (Å²) in [5, 5.41) is 11.6. The minimum Gasteiger partial charge on any atom is -0.481 e. The smallest absolute Gasteiger partial charge is 0.303 e. The van der Waals surface area contributed by atoms with Gasteiger partial charge >= 0.3 is 5.97 Å². The topological polar surface area (TPSA) is 66.4 Å². The molecule has 0 saturated heterocycles. The molecule has 0 aliphatic carbocycles. The summed E-state index contributed by atoms with van der Waals surface area (Å²) in [6.07, 6.45) is 16.2. The van der Waals surface area contributed by atoms with Crippen LogP contribution in [0.5, 0.6) is 0 Å². The van der Waals surface area contributed by atoms with Gasteiger partial charge in [-0.2, -0.15) is 0 Å². The first-order chi connectivity index (χ1) is 11.5. The number of carbonyl (C=O) groups is 2. The zero-order chi connectivity index (χ0) is 18.0. The number of carboxylic acid groups (broad SMARTS) is 1. The summed E-state index contributed by atoms with van der Waals surface area (Å²) < 4.78 is 0. The largest absolute Gasteiger partial charge is 0.481 e. The van der Waals surface area contributed by atoms with Crippen LogP contribution >= 0.6 is 12.6 Å². The van der Waals surface area contributed by atoms with E-state index in [-0.39, 0.29) is 11.2 Å². The molecule has 4 nitrogen and oxygen atoms in total. The lowest BCUT2D eigenvalue weighted by Crippen LogP contribution is -2.31. The van der Waals surface area contributed by atoms with E-state index in [1.54, 1.807) is 0 Å². The maximum Gasteiger partial charge on any atom is 0.303 e. The molecule has 0 aliphatic rings. The first kappa shape index (κ1) is 23.4. The highest BCUT2D eigenvalue weighted by molar-refractivity contribution is 7.96. The number of thiol groups is 1. The molecule has 0 fully saturated rings. The fraction of sp³-hybridized carbons (Fsp3) is 0.895. The maximum absolute atomic E-state index is 10.9. The second-order valence-electron chi connectivity index (χ2n) is 6.75. The fourth-order valence-corrected chi connectivity index (χ4v) is 2.84. The van der Waals surface area contributed by atoms with Crippen molar-refractivity contribution < 1.29 is 14.7 Å². The summed E-state index contributed by atoms with van der Waals surface area (Å²) in [4.78, 5) is 21.3. The number of aliphatic carboxylic acids is 1. The van der Waals surface area contributed by atoms with E-state index in [4.69, 9.17) is 5.11 Å². The van der Waals surface area contributed by atoms with Crippen molar-refractivity contribution in [3.8, 4) is 0 Å². The zero-order valence-electron chi connectivity index (χ0n) is 15.4. The standard InChI is InChI=1S/C19H37NO3S/c1-17(19(23)24)20-16-14-12-10-8-6-4-2-3-5-7-9-11-13-15-18(21)22/h17,20H,2-16H2,1H3,(H,21,22)(H,23,24). The summed E-state index contributed by atoms with van der Waals surface area (Å²) in [5.74, 6) is -0.673. The van der Waals surface area contributed by atoms with Gasteiger partial charge in [-0.25, -0.2) is 0 Å². The van der Waals surface area contributed by atoms with E-state index in [2.05, 4.69) is 17.9 Å². The van der Waals surface area contributed by atoms with E-state index >= 15 is 0 Å². The van der Waals surface area contributed by atoms with Crippen molar-refractivity contribution in [1.29, 1.82) is 0 Å². The highest BCUT2D eigenvalue weighted by Crippen LogP contribution is 2.12. The molecular formula is C19H37NO3S.